The van der Waals surface area contributed by atoms with E-state index in [1.165, 1.54) is 0 Å². The summed E-state index contributed by atoms with van der Waals surface area (Å²) in [6, 6.07) is 6.31. The van der Waals surface area contributed by atoms with Crippen LogP contribution in [0.2, 0.25) is 0 Å². The molecule has 0 aromatic heterocycles. The molecule has 0 amide bonds. The summed E-state index contributed by atoms with van der Waals surface area (Å²) in [5.41, 5.74) is -0.544. The first kappa shape index (κ1) is 16.2. The maximum atomic E-state index is 9.63. The van der Waals surface area contributed by atoms with Crippen LogP contribution in [0.1, 0.15) is 26.7 Å². The fourth-order valence-corrected chi connectivity index (χ4v) is 3.97. The molecule has 1 heterocycles. The van der Waals surface area contributed by atoms with Crippen LogP contribution >= 0.6 is 0 Å². The van der Waals surface area contributed by atoms with Gasteiger partial charge in [0.25, 0.3) is 0 Å². The second-order valence-corrected chi connectivity index (χ2v) is 6.09. The average molecular weight is 295 g/mol. The topological polar surface area (TPSA) is 98.5 Å². The largest absolute Gasteiger partial charge is 0.305 e. The van der Waals surface area contributed by atoms with Crippen molar-refractivity contribution in [2.45, 2.75) is 26.7 Å². The summed E-state index contributed by atoms with van der Waals surface area (Å²) in [4.78, 5) is 2.31. The predicted octanol–water partition coefficient (Wildman–Crippen LogP) is 2.49. The fraction of sp³-hybridized carbons (Fsp3) is 0.647. The molecule has 114 valence electrons. The van der Waals surface area contributed by atoms with Crippen molar-refractivity contribution in [1.29, 1.82) is 21.2 Å². The van der Waals surface area contributed by atoms with E-state index in [2.05, 4.69) is 30.0 Å². The Balaban J connectivity index is 2.52. The van der Waals surface area contributed by atoms with Gasteiger partial charge >= 0.3 is 0 Å². The standard InChI is InChI=1S/C17H21N5/c1-3-6-22-7-5-12-13(8-18)16(21)17(10-19,11-20)15(4-2)14(12)9-22/h5,13-15,21H,3-4,6-7,9H2,1-2H3/t13?,14-,15+/m1/s1. The zero-order valence-electron chi connectivity index (χ0n) is 13.1. The molecule has 0 aromatic carbocycles. The number of rotatable bonds is 3. The number of fused-ring (bicyclic) bond motifs is 1. The lowest BCUT2D eigenvalue weighted by molar-refractivity contribution is 0.164. The number of nitrogens with zero attached hydrogens (tertiary/aromatic N) is 4. The zero-order valence-corrected chi connectivity index (χ0v) is 13.1. The van der Waals surface area contributed by atoms with Gasteiger partial charge in [-0.15, -0.1) is 0 Å². The Labute approximate surface area is 131 Å². The number of hydrogen-bond donors (Lipinski definition) is 1. The molecule has 0 aromatic rings. The lowest BCUT2D eigenvalue weighted by Crippen LogP contribution is -2.53. The molecule has 0 spiro atoms. The molecule has 1 N–H and O–H groups in total. The average Bonchev–Trinajstić information content (AvgIpc) is 2.54. The molecule has 1 fully saturated rings. The first-order valence-corrected chi connectivity index (χ1v) is 7.82. The molecule has 5 nitrogen and oxygen atoms in total. The molecule has 0 radical (unpaired) electrons. The lowest BCUT2D eigenvalue weighted by atomic mass is 9.55. The van der Waals surface area contributed by atoms with Gasteiger partial charge in [-0.2, -0.15) is 15.8 Å². The van der Waals surface area contributed by atoms with E-state index in [9.17, 15) is 15.8 Å². The maximum Gasteiger partial charge on any atom is 0.185 e. The van der Waals surface area contributed by atoms with Crippen molar-refractivity contribution < 1.29 is 0 Å². The normalized spacial score (nSPS) is 30.4. The van der Waals surface area contributed by atoms with Gasteiger partial charge in [0.2, 0.25) is 0 Å². The van der Waals surface area contributed by atoms with Crippen molar-refractivity contribution in [3.05, 3.63) is 11.6 Å². The van der Waals surface area contributed by atoms with Crippen molar-refractivity contribution in [1.82, 2.24) is 4.90 Å². The van der Waals surface area contributed by atoms with Gasteiger partial charge in [-0.3, -0.25) is 4.90 Å². The summed E-state index contributed by atoms with van der Waals surface area (Å²) in [6.45, 7) is 6.62. The summed E-state index contributed by atoms with van der Waals surface area (Å²) in [6.07, 6.45) is 3.75. The van der Waals surface area contributed by atoms with E-state index in [-0.39, 0.29) is 17.5 Å². The van der Waals surface area contributed by atoms with Crippen LogP contribution < -0.4 is 0 Å². The second kappa shape index (κ2) is 6.30. The van der Waals surface area contributed by atoms with Gasteiger partial charge in [0.1, 0.15) is 5.92 Å². The second-order valence-electron chi connectivity index (χ2n) is 6.09. The molecule has 0 saturated heterocycles. The third-order valence-corrected chi connectivity index (χ3v) is 5.02. The monoisotopic (exact) mass is 295 g/mol. The van der Waals surface area contributed by atoms with Crippen LogP contribution in [0.4, 0.5) is 0 Å². The summed E-state index contributed by atoms with van der Waals surface area (Å²) in [5, 5.41) is 37.1. The highest BCUT2D eigenvalue weighted by atomic mass is 15.1. The molecule has 1 saturated carbocycles. The van der Waals surface area contributed by atoms with E-state index in [1.54, 1.807) is 0 Å². The van der Waals surface area contributed by atoms with Gasteiger partial charge < -0.3 is 5.41 Å². The maximum absolute atomic E-state index is 9.63. The predicted molar refractivity (Wildman–Crippen MR) is 82.6 cm³/mol. The van der Waals surface area contributed by atoms with E-state index in [4.69, 9.17) is 5.41 Å². The minimum Gasteiger partial charge on any atom is -0.305 e. The first-order valence-electron chi connectivity index (χ1n) is 7.82. The molecular weight excluding hydrogens is 274 g/mol. The number of nitrogens with one attached hydrogen (secondary N) is 1. The van der Waals surface area contributed by atoms with Gasteiger partial charge in [0.15, 0.2) is 5.41 Å². The van der Waals surface area contributed by atoms with E-state index < -0.39 is 11.3 Å². The Morgan fingerprint density at radius 3 is 2.50 bits per heavy atom. The third kappa shape index (κ3) is 2.21. The molecule has 0 bridgehead atoms. The quantitative estimate of drug-likeness (QED) is 0.808. The van der Waals surface area contributed by atoms with Crippen LogP contribution in [0, 0.1) is 62.6 Å². The third-order valence-electron chi connectivity index (χ3n) is 5.02. The van der Waals surface area contributed by atoms with Gasteiger partial charge in [-0.1, -0.05) is 19.9 Å². The molecule has 5 heteroatoms. The molecule has 1 unspecified atom stereocenters. The van der Waals surface area contributed by atoms with Gasteiger partial charge in [-0.25, -0.2) is 0 Å². The highest BCUT2D eigenvalue weighted by Crippen LogP contribution is 2.49. The van der Waals surface area contributed by atoms with Gasteiger partial charge in [0.05, 0.1) is 23.9 Å². The van der Waals surface area contributed by atoms with Crippen LogP contribution in [0.3, 0.4) is 0 Å². The van der Waals surface area contributed by atoms with E-state index in [0.717, 1.165) is 31.6 Å². The minimum absolute atomic E-state index is 0.0170. The minimum atomic E-state index is -1.47. The highest BCUT2D eigenvalue weighted by Gasteiger charge is 2.56. The van der Waals surface area contributed by atoms with Crippen molar-refractivity contribution >= 4 is 5.71 Å². The summed E-state index contributed by atoms with van der Waals surface area (Å²) in [5.74, 6) is -0.926. The van der Waals surface area contributed by atoms with Crippen LogP contribution in [-0.2, 0) is 0 Å². The SMILES string of the molecule is CCCN1CC=C2C(C#N)C(=N)C(C#N)(C#N)[C@@H](CC)[C@@H]2C1. The van der Waals surface area contributed by atoms with E-state index >= 15 is 0 Å². The first-order chi connectivity index (χ1) is 10.6. The Morgan fingerprint density at radius 1 is 1.32 bits per heavy atom. The van der Waals surface area contributed by atoms with Gasteiger partial charge in [0, 0.05) is 19.0 Å². The summed E-state index contributed by atoms with van der Waals surface area (Å²) in [7, 11) is 0. The lowest BCUT2D eigenvalue weighted by Gasteiger charge is -2.47. The van der Waals surface area contributed by atoms with Crippen LogP contribution in [0.25, 0.3) is 0 Å². The molecule has 22 heavy (non-hydrogen) atoms. The smallest absolute Gasteiger partial charge is 0.185 e. The zero-order chi connectivity index (χ0) is 16.3. The fourth-order valence-electron chi connectivity index (χ4n) is 3.97. The van der Waals surface area contributed by atoms with Crippen molar-refractivity contribution in [3.63, 3.8) is 0 Å². The molecule has 3 atom stereocenters. The Morgan fingerprint density at radius 2 is 2.00 bits per heavy atom. The summed E-state index contributed by atoms with van der Waals surface area (Å²) < 4.78 is 0. The molecule has 1 aliphatic heterocycles. The number of hydrogen-bond acceptors (Lipinski definition) is 5. The Hall–Kier alpha value is -2.16. The van der Waals surface area contributed by atoms with Crippen molar-refractivity contribution in [2.24, 2.45) is 23.2 Å². The molecular formula is C17H21N5. The molecule has 1 aliphatic carbocycles. The van der Waals surface area contributed by atoms with Crippen molar-refractivity contribution in [3.8, 4) is 18.2 Å². The van der Waals surface area contributed by atoms with Crippen molar-refractivity contribution in [2.75, 3.05) is 19.6 Å². The Kier molecular flexibility index (Phi) is 4.65. The van der Waals surface area contributed by atoms with Crippen LogP contribution in [-0.4, -0.2) is 30.2 Å². The van der Waals surface area contributed by atoms with Gasteiger partial charge in [-0.05, 0) is 30.9 Å². The Bertz CT molecular complexity index is 598. The number of nitriles is 3. The van der Waals surface area contributed by atoms with E-state index in [1.807, 2.05) is 13.0 Å². The molecule has 2 aliphatic rings. The van der Waals surface area contributed by atoms with Crippen LogP contribution in [0.5, 0.6) is 0 Å². The van der Waals surface area contributed by atoms with E-state index in [0.29, 0.717) is 6.42 Å². The highest BCUT2D eigenvalue weighted by molar-refractivity contribution is 6.00. The molecule has 2 rings (SSSR count). The summed E-state index contributed by atoms with van der Waals surface area (Å²) >= 11 is 0. The van der Waals surface area contributed by atoms with Crippen LogP contribution in [0.15, 0.2) is 11.6 Å².